The summed E-state index contributed by atoms with van der Waals surface area (Å²) in [4.78, 5) is 5.91. The number of aromatic nitrogens is 1. The van der Waals surface area contributed by atoms with Crippen LogP contribution in [0.4, 0.5) is 0 Å². The van der Waals surface area contributed by atoms with Gasteiger partial charge in [-0.3, -0.25) is 0 Å². The van der Waals surface area contributed by atoms with E-state index in [0.29, 0.717) is 0 Å². The molecule has 0 aliphatic carbocycles. The highest BCUT2D eigenvalue weighted by Gasteiger charge is 2.20. The topological polar surface area (TPSA) is 24.9 Å². The molecule has 0 fully saturated rings. The SMILES string of the molecule is CCNC(c1nc(C)c(C)s1)c1cc(Br)ccc1Cl. The van der Waals surface area contributed by atoms with Crippen molar-refractivity contribution in [2.24, 2.45) is 0 Å². The molecule has 0 saturated heterocycles. The minimum Gasteiger partial charge on any atom is -0.304 e. The van der Waals surface area contributed by atoms with Crippen LogP contribution in [0.1, 0.15) is 34.1 Å². The number of rotatable bonds is 4. The average Bonchev–Trinajstić information content (AvgIpc) is 2.70. The first kappa shape index (κ1) is 15.0. The molecule has 0 radical (unpaired) electrons. The van der Waals surface area contributed by atoms with Crippen LogP contribution in [0.5, 0.6) is 0 Å². The molecule has 1 unspecified atom stereocenters. The second-order valence-corrected chi connectivity index (χ2v) is 6.91. The molecule has 5 heteroatoms. The zero-order valence-corrected chi connectivity index (χ0v) is 14.3. The van der Waals surface area contributed by atoms with Crippen LogP contribution in [0.3, 0.4) is 0 Å². The van der Waals surface area contributed by atoms with Crippen molar-refractivity contribution in [2.75, 3.05) is 6.54 Å². The molecular formula is C14H16BrClN2S. The molecule has 1 heterocycles. The predicted molar refractivity (Wildman–Crippen MR) is 86.3 cm³/mol. The van der Waals surface area contributed by atoms with E-state index in [-0.39, 0.29) is 6.04 Å². The van der Waals surface area contributed by atoms with Crippen LogP contribution in [0.2, 0.25) is 5.02 Å². The van der Waals surface area contributed by atoms with Gasteiger partial charge in [0, 0.05) is 14.4 Å². The number of nitrogens with one attached hydrogen (secondary N) is 1. The third kappa shape index (κ3) is 3.37. The highest BCUT2D eigenvalue weighted by atomic mass is 79.9. The van der Waals surface area contributed by atoms with Crippen molar-refractivity contribution in [3.63, 3.8) is 0 Å². The van der Waals surface area contributed by atoms with E-state index in [0.717, 1.165) is 32.3 Å². The molecule has 0 saturated carbocycles. The third-order valence-electron chi connectivity index (χ3n) is 2.97. The van der Waals surface area contributed by atoms with Crippen molar-refractivity contribution >= 4 is 38.9 Å². The van der Waals surface area contributed by atoms with Gasteiger partial charge in [0.05, 0.1) is 11.7 Å². The Morgan fingerprint density at radius 2 is 2.16 bits per heavy atom. The molecule has 0 bridgehead atoms. The number of hydrogen-bond acceptors (Lipinski definition) is 3. The smallest absolute Gasteiger partial charge is 0.115 e. The normalized spacial score (nSPS) is 12.7. The standard InChI is InChI=1S/C14H16BrClN2S/c1-4-17-13(14-18-8(2)9(3)19-14)11-7-10(15)5-6-12(11)16/h5-7,13,17H,4H2,1-3H3. The van der Waals surface area contributed by atoms with Crippen LogP contribution in [-0.2, 0) is 0 Å². The van der Waals surface area contributed by atoms with Crippen LogP contribution in [0, 0.1) is 13.8 Å². The Labute approximate surface area is 131 Å². The molecule has 1 N–H and O–H groups in total. The summed E-state index contributed by atoms with van der Waals surface area (Å²) < 4.78 is 1.03. The van der Waals surface area contributed by atoms with Gasteiger partial charge in [0.2, 0.25) is 0 Å². The summed E-state index contributed by atoms with van der Waals surface area (Å²) in [6.45, 7) is 7.10. The Bertz CT molecular complexity index is 563. The van der Waals surface area contributed by atoms with E-state index in [9.17, 15) is 0 Å². The highest BCUT2D eigenvalue weighted by Crippen LogP contribution is 2.33. The van der Waals surface area contributed by atoms with Gasteiger partial charge < -0.3 is 5.32 Å². The monoisotopic (exact) mass is 358 g/mol. The lowest BCUT2D eigenvalue weighted by Gasteiger charge is -2.17. The molecule has 1 atom stereocenters. The van der Waals surface area contributed by atoms with Gasteiger partial charge in [0.1, 0.15) is 5.01 Å². The second kappa shape index (κ2) is 6.35. The molecule has 102 valence electrons. The number of halogens is 2. The van der Waals surface area contributed by atoms with Crippen LogP contribution >= 0.6 is 38.9 Å². The van der Waals surface area contributed by atoms with Gasteiger partial charge in [0.25, 0.3) is 0 Å². The minimum absolute atomic E-state index is 0.0485. The zero-order valence-electron chi connectivity index (χ0n) is 11.1. The Balaban J connectivity index is 2.47. The molecule has 0 aliphatic rings. The summed E-state index contributed by atoms with van der Waals surface area (Å²) >= 11 is 11.6. The van der Waals surface area contributed by atoms with Crippen molar-refractivity contribution in [1.29, 1.82) is 0 Å². The second-order valence-electron chi connectivity index (χ2n) is 4.35. The lowest BCUT2D eigenvalue weighted by Crippen LogP contribution is -2.22. The van der Waals surface area contributed by atoms with Gasteiger partial charge in [-0.25, -0.2) is 4.98 Å². The fourth-order valence-electron chi connectivity index (χ4n) is 1.89. The maximum atomic E-state index is 6.34. The summed E-state index contributed by atoms with van der Waals surface area (Å²) in [6, 6.07) is 5.97. The zero-order chi connectivity index (χ0) is 14.0. The summed E-state index contributed by atoms with van der Waals surface area (Å²) in [5, 5.41) is 5.30. The van der Waals surface area contributed by atoms with Gasteiger partial charge in [-0.15, -0.1) is 11.3 Å². The van der Waals surface area contributed by atoms with E-state index in [4.69, 9.17) is 11.6 Å². The molecule has 0 amide bonds. The fourth-order valence-corrected chi connectivity index (χ4v) is 3.51. The van der Waals surface area contributed by atoms with Crippen LogP contribution in [0.15, 0.2) is 22.7 Å². The quantitative estimate of drug-likeness (QED) is 0.842. The molecule has 2 nitrogen and oxygen atoms in total. The van der Waals surface area contributed by atoms with Crippen molar-refractivity contribution in [3.8, 4) is 0 Å². The number of thiazole rings is 1. The first-order chi connectivity index (χ1) is 9.02. The number of nitrogens with zero attached hydrogens (tertiary/aromatic N) is 1. The van der Waals surface area contributed by atoms with Crippen molar-refractivity contribution in [1.82, 2.24) is 10.3 Å². The van der Waals surface area contributed by atoms with E-state index >= 15 is 0 Å². The fraction of sp³-hybridized carbons (Fsp3) is 0.357. The van der Waals surface area contributed by atoms with E-state index in [1.807, 2.05) is 19.1 Å². The molecule has 2 rings (SSSR count). The Kier molecular flexibility index (Phi) is 5.01. The highest BCUT2D eigenvalue weighted by molar-refractivity contribution is 9.10. The van der Waals surface area contributed by atoms with Gasteiger partial charge in [-0.05, 0) is 44.2 Å². The Hall–Kier alpha value is -0.420. The molecule has 2 aromatic rings. The van der Waals surface area contributed by atoms with Crippen LogP contribution in [0.25, 0.3) is 0 Å². The van der Waals surface area contributed by atoms with E-state index in [2.05, 4.69) is 46.1 Å². The van der Waals surface area contributed by atoms with E-state index in [1.165, 1.54) is 4.88 Å². The molecule has 19 heavy (non-hydrogen) atoms. The lowest BCUT2D eigenvalue weighted by atomic mass is 10.1. The summed E-state index contributed by atoms with van der Waals surface area (Å²) in [5.41, 5.74) is 2.15. The van der Waals surface area contributed by atoms with E-state index in [1.54, 1.807) is 11.3 Å². The van der Waals surface area contributed by atoms with Crippen molar-refractivity contribution in [3.05, 3.63) is 48.8 Å². The first-order valence-electron chi connectivity index (χ1n) is 6.15. The van der Waals surface area contributed by atoms with Gasteiger partial charge in [-0.2, -0.15) is 0 Å². The summed E-state index contributed by atoms with van der Waals surface area (Å²) in [7, 11) is 0. The van der Waals surface area contributed by atoms with Gasteiger partial charge in [0.15, 0.2) is 0 Å². The van der Waals surface area contributed by atoms with Crippen molar-refractivity contribution in [2.45, 2.75) is 26.8 Å². The third-order valence-corrected chi connectivity index (χ3v) is 4.94. The van der Waals surface area contributed by atoms with Gasteiger partial charge >= 0.3 is 0 Å². The maximum Gasteiger partial charge on any atom is 0.115 e. The first-order valence-corrected chi connectivity index (χ1v) is 8.14. The maximum absolute atomic E-state index is 6.34. The largest absolute Gasteiger partial charge is 0.304 e. The summed E-state index contributed by atoms with van der Waals surface area (Å²) in [6.07, 6.45) is 0. The molecule has 1 aromatic heterocycles. The Morgan fingerprint density at radius 3 is 2.74 bits per heavy atom. The Morgan fingerprint density at radius 1 is 1.42 bits per heavy atom. The average molecular weight is 360 g/mol. The molecule has 0 aliphatic heterocycles. The van der Waals surface area contributed by atoms with Crippen LogP contribution < -0.4 is 5.32 Å². The van der Waals surface area contributed by atoms with Crippen molar-refractivity contribution < 1.29 is 0 Å². The number of aryl methyl sites for hydroxylation is 2. The number of hydrogen-bond donors (Lipinski definition) is 1. The molecular weight excluding hydrogens is 344 g/mol. The lowest BCUT2D eigenvalue weighted by molar-refractivity contribution is 0.626. The summed E-state index contributed by atoms with van der Waals surface area (Å²) in [5.74, 6) is 0. The van der Waals surface area contributed by atoms with Crippen LogP contribution in [-0.4, -0.2) is 11.5 Å². The molecule has 0 spiro atoms. The predicted octanol–water partition coefficient (Wildman–Crippen LogP) is 4.87. The number of benzene rings is 1. The molecule has 1 aromatic carbocycles. The minimum atomic E-state index is 0.0485. The van der Waals surface area contributed by atoms with E-state index < -0.39 is 0 Å². The van der Waals surface area contributed by atoms with Gasteiger partial charge in [-0.1, -0.05) is 34.5 Å².